The second-order valence-corrected chi connectivity index (χ2v) is 6.74. The SMILES string of the molecule is O=S(=O)(c1ccc2c(c1)CCN2)N1CCC(O)C1. The smallest absolute Gasteiger partial charge is 0.243 e. The maximum atomic E-state index is 12.4. The third kappa shape index (κ3) is 1.90. The second kappa shape index (κ2) is 4.22. The maximum absolute atomic E-state index is 12.4. The molecule has 1 saturated heterocycles. The van der Waals surface area contributed by atoms with E-state index < -0.39 is 16.1 Å². The number of β-amino-alcohol motifs (C(OH)–C–C–N with tert-alkyl or cyclic N) is 1. The zero-order valence-corrected chi connectivity index (χ0v) is 10.8. The van der Waals surface area contributed by atoms with Crippen LogP contribution in [-0.4, -0.2) is 43.6 Å². The molecule has 5 nitrogen and oxygen atoms in total. The third-order valence-electron chi connectivity index (χ3n) is 3.55. The minimum atomic E-state index is -3.45. The number of nitrogens with zero attached hydrogens (tertiary/aromatic N) is 1. The van der Waals surface area contributed by atoms with Gasteiger partial charge in [-0.2, -0.15) is 4.31 Å². The van der Waals surface area contributed by atoms with Crippen molar-refractivity contribution in [3.8, 4) is 0 Å². The molecule has 0 amide bonds. The molecule has 0 radical (unpaired) electrons. The number of anilines is 1. The van der Waals surface area contributed by atoms with Crippen LogP contribution < -0.4 is 5.32 Å². The van der Waals surface area contributed by atoms with Crippen LogP contribution in [0.3, 0.4) is 0 Å². The van der Waals surface area contributed by atoms with E-state index in [9.17, 15) is 13.5 Å². The molecule has 98 valence electrons. The van der Waals surface area contributed by atoms with Gasteiger partial charge in [-0.1, -0.05) is 0 Å². The fourth-order valence-electron chi connectivity index (χ4n) is 2.52. The minimum absolute atomic E-state index is 0.206. The Morgan fingerprint density at radius 1 is 1.39 bits per heavy atom. The van der Waals surface area contributed by atoms with Crippen LogP contribution >= 0.6 is 0 Å². The van der Waals surface area contributed by atoms with Crippen molar-refractivity contribution in [2.45, 2.75) is 23.8 Å². The Bertz CT molecular complexity index is 571. The standard InChI is InChI=1S/C12H16N2O3S/c15-10-4-6-14(8-10)18(16,17)11-1-2-12-9(7-11)3-5-13-12/h1-2,7,10,13,15H,3-6,8H2. The molecule has 6 heteroatoms. The summed E-state index contributed by atoms with van der Waals surface area (Å²) >= 11 is 0. The van der Waals surface area contributed by atoms with Gasteiger partial charge in [0.05, 0.1) is 11.0 Å². The van der Waals surface area contributed by atoms with Gasteiger partial charge in [-0.25, -0.2) is 8.42 Å². The summed E-state index contributed by atoms with van der Waals surface area (Å²) in [5.41, 5.74) is 2.08. The average Bonchev–Trinajstić information content (AvgIpc) is 2.96. The molecule has 18 heavy (non-hydrogen) atoms. The Labute approximate surface area is 106 Å². The van der Waals surface area contributed by atoms with Gasteiger partial charge in [0.1, 0.15) is 0 Å². The summed E-state index contributed by atoms with van der Waals surface area (Å²) in [5.74, 6) is 0. The predicted molar refractivity (Wildman–Crippen MR) is 68.0 cm³/mol. The van der Waals surface area contributed by atoms with Crippen molar-refractivity contribution in [1.82, 2.24) is 4.31 Å². The quantitative estimate of drug-likeness (QED) is 0.815. The monoisotopic (exact) mass is 268 g/mol. The third-order valence-corrected chi connectivity index (χ3v) is 5.41. The number of rotatable bonds is 2. The lowest BCUT2D eigenvalue weighted by molar-refractivity contribution is 0.189. The van der Waals surface area contributed by atoms with Crippen molar-refractivity contribution in [3.63, 3.8) is 0 Å². The molecule has 2 aliphatic rings. The van der Waals surface area contributed by atoms with Gasteiger partial charge in [-0.05, 0) is 36.6 Å². The first-order chi connectivity index (χ1) is 8.57. The average molecular weight is 268 g/mol. The van der Waals surface area contributed by atoms with Gasteiger partial charge < -0.3 is 10.4 Å². The Morgan fingerprint density at radius 3 is 2.94 bits per heavy atom. The van der Waals surface area contributed by atoms with E-state index in [-0.39, 0.29) is 6.54 Å². The number of hydrogen-bond donors (Lipinski definition) is 2. The molecule has 0 bridgehead atoms. The summed E-state index contributed by atoms with van der Waals surface area (Å²) in [6, 6.07) is 5.20. The van der Waals surface area contributed by atoms with Gasteiger partial charge in [0.2, 0.25) is 10.0 Å². The Hall–Kier alpha value is -1.11. The highest BCUT2D eigenvalue weighted by Crippen LogP contribution is 2.28. The molecule has 2 N–H and O–H groups in total. The number of nitrogens with one attached hydrogen (secondary N) is 1. The number of benzene rings is 1. The van der Waals surface area contributed by atoms with Crippen molar-refractivity contribution < 1.29 is 13.5 Å². The largest absolute Gasteiger partial charge is 0.392 e. The van der Waals surface area contributed by atoms with E-state index in [1.165, 1.54) is 4.31 Å². The highest BCUT2D eigenvalue weighted by Gasteiger charge is 2.32. The lowest BCUT2D eigenvalue weighted by Crippen LogP contribution is -2.29. The number of fused-ring (bicyclic) bond motifs is 1. The van der Waals surface area contributed by atoms with E-state index in [1.54, 1.807) is 12.1 Å². The van der Waals surface area contributed by atoms with Gasteiger partial charge in [0, 0.05) is 25.3 Å². The molecule has 1 aromatic carbocycles. The predicted octanol–water partition coefficient (Wildman–Crippen LogP) is 0.410. The van der Waals surface area contributed by atoms with E-state index in [0.717, 1.165) is 24.2 Å². The molecule has 1 unspecified atom stereocenters. The van der Waals surface area contributed by atoms with Gasteiger partial charge >= 0.3 is 0 Å². The molecule has 0 aliphatic carbocycles. The van der Waals surface area contributed by atoms with Crippen LogP contribution in [0.4, 0.5) is 5.69 Å². The van der Waals surface area contributed by atoms with E-state index in [1.807, 2.05) is 6.07 Å². The maximum Gasteiger partial charge on any atom is 0.243 e. The lowest BCUT2D eigenvalue weighted by atomic mass is 10.2. The zero-order valence-electron chi connectivity index (χ0n) is 9.96. The van der Waals surface area contributed by atoms with E-state index in [0.29, 0.717) is 17.9 Å². The summed E-state index contributed by atoms with van der Waals surface area (Å²) in [6.45, 7) is 1.47. The number of aliphatic hydroxyl groups excluding tert-OH is 1. The van der Waals surface area contributed by atoms with Gasteiger partial charge in [-0.3, -0.25) is 0 Å². The summed E-state index contributed by atoms with van der Waals surface area (Å²) in [4.78, 5) is 0.332. The molecule has 3 rings (SSSR count). The first-order valence-electron chi connectivity index (χ1n) is 6.12. The van der Waals surface area contributed by atoms with Crippen molar-refractivity contribution in [1.29, 1.82) is 0 Å². The number of aliphatic hydroxyl groups is 1. The summed E-state index contributed by atoms with van der Waals surface area (Å²) in [6.07, 6.45) is 0.850. The lowest BCUT2D eigenvalue weighted by Gasteiger charge is -2.16. The van der Waals surface area contributed by atoms with Gasteiger partial charge in [0.15, 0.2) is 0 Å². The summed E-state index contributed by atoms with van der Waals surface area (Å²) < 4.78 is 26.1. The number of hydrogen-bond acceptors (Lipinski definition) is 4. The summed E-state index contributed by atoms with van der Waals surface area (Å²) in [5, 5.41) is 12.7. The van der Waals surface area contributed by atoms with E-state index in [2.05, 4.69) is 5.32 Å². The van der Waals surface area contributed by atoms with Crippen LogP contribution in [0.1, 0.15) is 12.0 Å². The van der Waals surface area contributed by atoms with Crippen molar-refractivity contribution >= 4 is 15.7 Å². The fraction of sp³-hybridized carbons (Fsp3) is 0.500. The van der Waals surface area contributed by atoms with Crippen LogP contribution in [0.25, 0.3) is 0 Å². The van der Waals surface area contributed by atoms with E-state index in [4.69, 9.17) is 0 Å². The van der Waals surface area contributed by atoms with Crippen LogP contribution in [0.5, 0.6) is 0 Å². The van der Waals surface area contributed by atoms with Crippen LogP contribution in [0.15, 0.2) is 23.1 Å². The molecular weight excluding hydrogens is 252 g/mol. The Balaban J connectivity index is 1.94. The molecule has 1 atom stereocenters. The van der Waals surface area contributed by atoms with Crippen molar-refractivity contribution in [2.75, 3.05) is 25.0 Å². The first-order valence-corrected chi connectivity index (χ1v) is 7.56. The first kappa shape index (κ1) is 12.0. The fourth-order valence-corrected chi connectivity index (χ4v) is 4.06. The topological polar surface area (TPSA) is 69.6 Å². The van der Waals surface area contributed by atoms with E-state index >= 15 is 0 Å². The molecule has 0 saturated carbocycles. The number of sulfonamides is 1. The molecule has 0 spiro atoms. The van der Waals surface area contributed by atoms with Gasteiger partial charge in [-0.15, -0.1) is 0 Å². The highest BCUT2D eigenvalue weighted by molar-refractivity contribution is 7.89. The van der Waals surface area contributed by atoms with Gasteiger partial charge in [0.25, 0.3) is 0 Å². The molecule has 2 heterocycles. The molecule has 1 aromatic rings. The highest BCUT2D eigenvalue weighted by atomic mass is 32.2. The minimum Gasteiger partial charge on any atom is -0.392 e. The van der Waals surface area contributed by atoms with Crippen molar-refractivity contribution in [2.24, 2.45) is 0 Å². The summed E-state index contributed by atoms with van der Waals surface area (Å²) in [7, 11) is -3.45. The Kier molecular flexibility index (Phi) is 2.80. The molecule has 1 fully saturated rings. The second-order valence-electron chi connectivity index (χ2n) is 4.80. The van der Waals surface area contributed by atoms with Crippen LogP contribution in [0, 0.1) is 0 Å². The van der Waals surface area contributed by atoms with Crippen LogP contribution in [0.2, 0.25) is 0 Å². The molecule has 0 aromatic heterocycles. The zero-order chi connectivity index (χ0) is 12.8. The molecular formula is C12H16N2O3S. The van der Waals surface area contributed by atoms with Crippen LogP contribution in [-0.2, 0) is 16.4 Å². The molecule has 2 aliphatic heterocycles. The normalized spacial score (nSPS) is 23.9. The Morgan fingerprint density at radius 2 is 2.22 bits per heavy atom. The van der Waals surface area contributed by atoms with Crippen molar-refractivity contribution in [3.05, 3.63) is 23.8 Å².